The minimum atomic E-state index is 0.424. The zero-order chi connectivity index (χ0) is 12.1. The van der Waals surface area contributed by atoms with Crippen LogP contribution in [0.1, 0.15) is 45.5 Å². The average molecular weight is 240 g/mol. The molecule has 0 aliphatic rings. The van der Waals surface area contributed by atoms with Crippen LogP contribution in [0.25, 0.3) is 0 Å². The highest BCUT2D eigenvalue weighted by atomic mass is 32.1. The molecule has 1 aromatic rings. The smallest absolute Gasteiger partial charge is 0.0794 e. The maximum Gasteiger partial charge on any atom is 0.0794 e. The fraction of sp³-hybridized carbons (Fsp3) is 0.769. The Morgan fingerprint density at radius 3 is 2.25 bits per heavy atom. The molecule has 1 heterocycles. The van der Waals surface area contributed by atoms with E-state index in [1.165, 1.54) is 4.88 Å². The van der Waals surface area contributed by atoms with Crippen molar-refractivity contribution in [1.82, 2.24) is 10.3 Å². The van der Waals surface area contributed by atoms with Gasteiger partial charge in [-0.15, -0.1) is 11.3 Å². The van der Waals surface area contributed by atoms with Crippen LogP contribution in [0.2, 0.25) is 0 Å². The van der Waals surface area contributed by atoms with Crippen LogP contribution < -0.4 is 5.32 Å². The summed E-state index contributed by atoms with van der Waals surface area (Å²) >= 11 is 1.73. The molecule has 3 heteroatoms. The molecular formula is C13H24N2S. The molecular weight excluding hydrogens is 216 g/mol. The van der Waals surface area contributed by atoms with Gasteiger partial charge in [-0.25, -0.2) is 0 Å². The number of aromatic nitrogens is 1. The zero-order valence-corrected chi connectivity index (χ0v) is 11.8. The van der Waals surface area contributed by atoms with E-state index in [4.69, 9.17) is 0 Å². The molecule has 0 aromatic carbocycles. The van der Waals surface area contributed by atoms with Crippen LogP contribution in [0, 0.1) is 17.8 Å². The van der Waals surface area contributed by atoms with E-state index in [-0.39, 0.29) is 0 Å². The van der Waals surface area contributed by atoms with Crippen LogP contribution in [-0.4, -0.2) is 11.5 Å². The summed E-state index contributed by atoms with van der Waals surface area (Å²) in [5, 5.41) is 3.62. The number of thiazole rings is 1. The van der Waals surface area contributed by atoms with E-state index in [2.05, 4.69) is 44.9 Å². The highest BCUT2D eigenvalue weighted by Crippen LogP contribution is 2.22. The SMILES string of the molecule is CC(NCC(C(C)C)C(C)C)c1cncs1. The zero-order valence-electron chi connectivity index (χ0n) is 11.0. The van der Waals surface area contributed by atoms with Gasteiger partial charge in [-0.05, 0) is 31.2 Å². The van der Waals surface area contributed by atoms with E-state index in [9.17, 15) is 0 Å². The molecule has 0 aliphatic heterocycles. The van der Waals surface area contributed by atoms with Crippen molar-refractivity contribution in [3.63, 3.8) is 0 Å². The lowest BCUT2D eigenvalue weighted by molar-refractivity contribution is 0.268. The molecule has 0 aliphatic carbocycles. The van der Waals surface area contributed by atoms with Gasteiger partial charge in [0.1, 0.15) is 0 Å². The summed E-state index contributed by atoms with van der Waals surface area (Å²) in [6, 6.07) is 0.424. The first-order valence-electron chi connectivity index (χ1n) is 6.14. The van der Waals surface area contributed by atoms with Gasteiger partial charge in [-0.2, -0.15) is 0 Å². The van der Waals surface area contributed by atoms with Gasteiger partial charge in [0.05, 0.1) is 5.51 Å². The average Bonchev–Trinajstić information content (AvgIpc) is 2.69. The van der Waals surface area contributed by atoms with E-state index in [0.29, 0.717) is 6.04 Å². The van der Waals surface area contributed by atoms with Crippen LogP contribution in [0.3, 0.4) is 0 Å². The summed E-state index contributed by atoms with van der Waals surface area (Å²) < 4.78 is 0. The Morgan fingerprint density at radius 1 is 1.19 bits per heavy atom. The molecule has 92 valence electrons. The van der Waals surface area contributed by atoms with Crippen LogP contribution in [0.15, 0.2) is 11.7 Å². The van der Waals surface area contributed by atoms with Gasteiger partial charge in [0.2, 0.25) is 0 Å². The number of hydrogen-bond acceptors (Lipinski definition) is 3. The molecule has 1 aromatic heterocycles. The molecule has 2 nitrogen and oxygen atoms in total. The predicted molar refractivity (Wildman–Crippen MR) is 71.7 cm³/mol. The fourth-order valence-electron chi connectivity index (χ4n) is 2.09. The third-order valence-electron chi connectivity index (χ3n) is 3.25. The van der Waals surface area contributed by atoms with E-state index in [1.807, 2.05) is 11.7 Å². The normalized spacial score (nSPS) is 14.0. The van der Waals surface area contributed by atoms with Gasteiger partial charge in [0.25, 0.3) is 0 Å². The predicted octanol–water partition coefficient (Wildman–Crippen LogP) is 3.72. The third kappa shape index (κ3) is 3.87. The minimum absolute atomic E-state index is 0.424. The van der Waals surface area contributed by atoms with Crippen molar-refractivity contribution < 1.29 is 0 Å². The van der Waals surface area contributed by atoms with Crippen molar-refractivity contribution in [2.24, 2.45) is 17.8 Å². The summed E-state index contributed by atoms with van der Waals surface area (Å²) in [4.78, 5) is 5.44. The Labute approximate surface area is 103 Å². The van der Waals surface area contributed by atoms with Crippen LogP contribution in [-0.2, 0) is 0 Å². The van der Waals surface area contributed by atoms with Gasteiger partial charge in [-0.1, -0.05) is 27.7 Å². The van der Waals surface area contributed by atoms with Crippen LogP contribution in [0.5, 0.6) is 0 Å². The van der Waals surface area contributed by atoms with Crippen molar-refractivity contribution >= 4 is 11.3 Å². The molecule has 1 atom stereocenters. The molecule has 0 saturated heterocycles. The standard InChI is InChI=1S/C13H24N2S/c1-9(2)12(10(3)4)6-15-11(5)13-7-14-8-16-13/h7-12,15H,6H2,1-5H3. The number of rotatable bonds is 6. The molecule has 1 rings (SSSR count). The monoisotopic (exact) mass is 240 g/mol. The molecule has 0 bridgehead atoms. The quantitative estimate of drug-likeness (QED) is 0.819. The molecule has 0 amide bonds. The van der Waals surface area contributed by atoms with E-state index < -0.39 is 0 Å². The number of nitrogens with zero attached hydrogens (tertiary/aromatic N) is 1. The van der Waals surface area contributed by atoms with Gasteiger partial charge < -0.3 is 5.32 Å². The van der Waals surface area contributed by atoms with Crippen molar-refractivity contribution in [2.75, 3.05) is 6.54 Å². The second kappa shape index (κ2) is 6.36. The van der Waals surface area contributed by atoms with Crippen LogP contribution >= 0.6 is 11.3 Å². The Morgan fingerprint density at radius 2 is 1.81 bits per heavy atom. The molecule has 0 spiro atoms. The molecule has 1 unspecified atom stereocenters. The highest BCUT2D eigenvalue weighted by Gasteiger charge is 2.18. The Balaban J connectivity index is 2.43. The van der Waals surface area contributed by atoms with Gasteiger partial charge >= 0.3 is 0 Å². The molecule has 0 radical (unpaired) electrons. The Hall–Kier alpha value is -0.410. The largest absolute Gasteiger partial charge is 0.309 e. The third-order valence-corrected chi connectivity index (χ3v) is 4.21. The van der Waals surface area contributed by atoms with E-state index >= 15 is 0 Å². The maximum atomic E-state index is 4.12. The molecule has 0 saturated carbocycles. The van der Waals surface area contributed by atoms with Crippen molar-refractivity contribution in [1.29, 1.82) is 0 Å². The van der Waals surface area contributed by atoms with Gasteiger partial charge in [0.15, 0.2) is 0 Å². The number of hydrogen-bond donors (Lipinski definition) is 1. The summed E-state index contributed by atoms with van der Waals surface area (Å²) in [5.41, 5.74) is 1.90. The lowest BCUT2D eigenvalue weighted by Crippen LogP contribution is -2.31. The van der Waals surface area contributed by atoms with Crippen molar-refractivity contribution in [2.45, 2.75) is 40.7 Å². The molecule has 16 heavy (non-hydrogen) atoms. The topological polar surface area (TPSA) is 24.9 Å². The Kier molecular flexibility index (Phi) is 5.42. The summed E-state index contributed by atoms with van der Waals surface area (Å²) in [7, 11) is 0. The lowest BCUT2D eigenvalue weighted by Gasteiger charge is -2.26. The summed E-state index contributed by atoms with van der Waals surface area (Å²) in [6.45, 7) is 12.5. The first-order valence-corrected chi connectivity index (χ1v) is 7.02. The second-order valence-corrected chi connectivity index (χ2v) is 6.10. The second-order valence-electron chi connectivity index (χ2n) is 5.19. The lowest BCUT2D eigenvalue weighted by atomic mass is 9.85. The fourth-order valence-corrected chi connectivity index (χ4v) is 2.75. The van der Waals surface area contributed by atoms with Gasteiger partial charge in [0, 0.05) is 17.1 Å². The van der Waals surface area contributed by atoms with Gasteiger partial charge in [-0.3, -0.25) is 4.98 Å². The van der Waals surface area contributed by atoms with Crippen molar-refractivity contribution in [3.8, 4) is 0 Å². The maximum absolute atomic E-state index is 4.12. The molecule has 0 fully saturated rings. The van der Waals surface area contributed by atoms with Crippen molar-refractivity contribution in [3.05, 3.63) is 16.6 Å². The first kappa shape index (κ1) is 13.7. The Bertz CT molecular complexity index is 272. The number of nitrogens with one attached hydrogen (secondary N) is 1. The minimum Gasteiger partial charge on any atom is -0.309 e. The molecule has 1 N–H and O–H groups in total. The summed E-state index contributed by atoms with van der Waals surface area (Å²) in [6.07, 6.45) is 1.96. The highest BCUT2D eigenvalue weighted by molar-refractivity contribution is 7.09. The van der Waals surface area contributed by atoms with E-state index in [1.54, 1.807) is 11.3 Å². The summed E-state index contributed by atoms with van der Waals surface area (Å²) in [5.74, 6) is 2.22. The van der Waals surface area contributed by atoms with E-state index in [0.717, 1.165) is 24.3 Å². The first-order chi connectivity index (χ1) is 7.52. The van der Waals surface area contributed by atoms with Crippen LogP contribution in [0.4, 0.5) is 0 Å².